The Morgan fingerprint density at radius 3 is 2.94 bits per heavy atom. The molecule has 1 aliphatic rings. The highest BCUT2D eigenvalue weighted by Crippen LogP contribution is 2.35. The molecule has 0 radical (unpaired) electrons. The van der Waals surface area contributed by atoms with Gasteiger partial charge < -0.3 is 9.15 Å². The van der Waals surface area contributed by atoms with Crippen molar-refractivity contribution in [2.24, 2.45) is 0 Å². The molecule has 1 atom stereocenters. The van der Waals surface area contributed by atoms with Crippen molar-refractivity contribution in [1.82, 2.24) is 0 Å². The Morgan fingerprint density at radius 1 is 1.19 bits per heavy atom. The molecule has 1 aromatic heterocycles. The van der Waals surface area contributed by atoms with E-state index in [0.717, 1.165) is 24.3 Å². The molecule has 0 aliphatic carbocycles. The zero-order valence-corrected chi connectivity index (χ0v) is 10.2. The van der Waals surface area contributed by atoms with Crippen molar-refractivity contribution in [3.63, 3.8) is 0 Å². The van der Waals surface area contributed by atoms with Gasteiger partial charge in [-0.2, -0.15) is 0 Å². The smallest absolute Gasteiger partial charge is 0.122 e. The molecule has 0 bridgehead atoms. The minimum Gasteiger partial charge on any atom is -0.493 e. The van der Waals surface area contributed by atoms with E-state index in [1.54, 1.807) is 12.5 Å². The number of fused-ring (bicyclic) bond motifs is 1. The molecule has 3 heteroatoms. The van der Waals surface area contributed by atoms with Gasteiger partial charge in [0.05, 0.1) is 24.0 Å². The molecular formula is C13H11BrO2. The molecule has 0 fully saturated rings. The Bertz CT molecular complexity index is 491. The third-order valence-electron chi connectivity index (χ3n) is 2.84. The third-order valence-corrected chi connectivity index (χ3v) is 3.90. The van der Waals surface area contributed by atoms with E-state index in [2.05, 4.69) is 28.1 Å². The molecule has 1 aromatic carbocycles. The lowest BCUT2D eigenvalue weighted by Gasteiger charge is -2.09. The number of furan rings is 1. The first-order valence-corrected chi connectivity index (χ1v) is 6.18. The fourth-order valence-corrected chi connectivity index (χ4v) is 2.52. The highest BCUT2D eigenvalue weighted by atomic mass is 79.9. The molecule has 2 heterocycles. The van der Waals surface area contributed by atoms with Gasteiger partial charge in [0.1, 0.15) is 5.75 Å². The highest BCUT2D eigenvalue weighted by molar-refractivity contribution is 9.09. The summed E-state index contributed by atoms with van der Waals surface area (Å²) in [5.41, 5.74) is 3.68. The van der Waals surface area contributed by atoms with Crippen LogP contribution in [-0.4, -0.2) is 6.61 Å². The second kappa shape index (κ2) is 3.98. The van der Waals surface area contributed by atoms with Gasteiger partial charge in [0.2, 0.25) is 0 Å². The lowest BCUT2D eigenvalue weighted by Crippen LogP contribution is -1.91. The van der Waals surface area contributed by atoms with Crippen LogP contribution in [0.4, 0.5) is 0 Å². The molecule has 0 N–H and O–H groups in total. The molecule has 1 aliphatic heterocycles. The first-order chi connectivity index (χ1) is 7.84. The summed E-state index contributed by atoms with van der Waals surface area (Å²) in [6, 6.07) is 8.32. The first kappa shape index (κ1) is 9.97. The molecule has 16 heavy (non-hydrogen) atoms. The summed E-state index contributed by atoms with van der Waals surface area (Å²) in [4.78, 5) is 0.192. The Hall–Kier alpha value is -1.22. The number of alkyl halides is 1. The van der Waals surface area contributed by atoms with Gasteiger partial charge in [-0.3, -0.25) is 0 Å². The van der Waals surface area contributed by atoms with Gasteiger partial charge in [-0.1, -0.05) is 28.1 Å². The van der Waals surface area contributed by atoms with Crippen LogP contribution in [-0.2, 0) is 6.42 Å². The van der Waals surface area contributed by atoms with Crippen LogP contribution in [0.3, 0.4) is 0 Å². The van der Waals surface area contributed by atoms with Gasteiger partial charge in [0.15, 0.2) is 0 Å². The van der Waals surface area contributed by atoms with Gasteiger partial charge in [0, 0.05) is 12.0 Å². The van der Waals surface area contributed by atoms with Gasteiger partial charge in [0.25, 0.3) is 0 Å². The van der Waals surface area contributed by atoms with Crippen molar-refractivity contribution in [2.45, 2.75) is 11.2 Å². The van der Waals surface area contributed by atoms with Crippen LogP contribution in [0.15, 0.2) is 41.2 Å². The second-order valence-corrected chi connectivity index (χ2v) is 4.80. The predicted octanol–water partition coefficient (Wildman–Crippen LogP) is 3.70. The van der Waals surface area contributed by atoms with Crippen LogP contribution in [0.5, 0.6) is 5.75 Å². The van der Waals surface area contributed by atoms with E-state index in [0.29, 0.717) is 0 Å². The van der Waals surface area contributed by atoms with Gasteiger partial charge in [-0.05, 0) is 23.3 Å². The maximum absolute atomic E-state index is 5.49. The Kier molecular flexibility index (Phi) is 2.48. The van der Waals surface area contributed by atoms with Gasteiger partial charge in [-0.25, -0.2) is 0 Å². The number of rotatable bonds is 2. The normalized spacial score (nSPS) is 15.6. The molecule has 3 rings (SSSR count). The third kappa shape index (κ3) is 1.65. The summed E-state index contributed by atoms with van der Waals surface area (Å²) in [6.45, 7) is 0.803. The van der Waals surface area contributed by atoms with Crippen LogP contribution < -0.4 is 4.74 Å². The maximum atomic E-state index is 5.49. The molecule has 0 spiro atoms. The largest absolute Gasteiger partial charge is 0.493 e. The average molecular weight is 279 g/mol. The summed E-state index contributed by atoms with van der Waals surface area (Å²) in [5.74, 6) is 1.02. The summed E-state index contributed by atoms with van der Waals surface area (Å²) in [7, 11) is 0. The van der Waals surface area contributed by atoms with Crippen molar-refractivity contribution in [1.29, 1.82) is 0 Å². The van der Waals surface area contributed by atoms with Crippen molar-refractivity contribution in [2.75, 3.05) is 6.61 Å². The molecule has 1 unspecified atom stereocenters. The van der Waals surface area contributed by atoms with Crippen molar-refractivity contribution in [3.05, 3.63) is 53.5 Å². The van der Waals surface area contributed by atoms with E-state index in [1.807, 2.05) is 12.1 Å². The van der Waals surface area contributed by atoms with Crippen molar-refractivity contribution in [3.8, 4) is 5.75 Å². The summed E-state index contributed by atoms with van der Waals surface area (Å²) in [6.07, 6.45) is 4.47. The highest BCUT2D eigenvalue weighted by Gasteiger charge is 2.16. The Morgan fingerprint density at radius 2 is 2.12 bits per heavy atom. The van der Waals surface area contributed by atoms with E-state index in [-0.39, 0.29) is 4.83 Å². The monoisotopic (exact) mass is 278 g/mol. The zero-order valence-electron chi connectivity index (χ0n) is 8.65. The fourth-order valence-electron chi connectivity index (χ4n) is 1.98. The molecular weight excluding hydrogens is 268 g/mol. The molecule has 0 saturated carbocycles. The number of hydrogen-bond donors (Lipinski definition) is 0. The van der Waals surface area contributed by atoms with Crippen molar-refractivity contribution >= 4 is 15.9 Å². The standard InChI is InChI=1S/C13H11BrO2/c14-13(11-3-5-15-8-11)10-1-2-12-9(7-10)4-6-16-12/h1-3,5,7-8,13H,4,6H2. The van der Waals surface area contributed by atoms with E-state index < -0.39 is 0 Å². The van der Waals surface area contributed by atoms with Crippen LogP contribution in [0.25, 0.3) is 0 Å². The molecule has 2 nitrogen and oxygen atoms in total. The minimum atomic E-state index is 0.192. The maximum Gasteiger partial charge on any atom is 0.122 e. The summed E-state index contributed by atoms with van der Waals surface area (Å²) >= 11 is 3.68. The second-order valence-electron chi connectivity index (χ2n) is 3.88. The fraction of sp³-hybridized carbons (Fsp3) is 0.231. The quantitative estimate of drug-likeness (QED) is 0.782. The SMILES string of the molecule is BrC(c1ccoc1)c1ccc2c(c1)CCO2. The molecule has 82 valence electrons. The summed E-state index contributed by atoms with van der Waals surface area (Å²) in [5, 5.41) is 0. The van der Waals surface area contributed by atoms with Crippen molar-refractivity contribution < 1.29 is 9.15 Å². The van der Waals surface area contributed by atoms with E-state index >= 15 is 0 Å². The van der Waals surface area contributed by atoms with Crippen LogP contribution >= 0.6 is 15.9 Å². The minimum absolute atomic E-state index is 0.192. The number of benzene rings is 1. The lowest BCUT2D eigenvalue weighted by molar-refractivity contribution is 0.357. The topological polar surface area (TPSA) is 22.4 Å². The zero-order chi connectivity index (χ0) is 11.0. The lowest BCUT2D eigenvalue weighted by atomic mass is 10.0. The molecule has 2 aromatic rings. The molecule has 0 amide bonds. The van der Waals surface area contributed by atoms with E-state index in [9.17, 15) is 0 Å². The first-order valence-electron chi connectivity index (χ1n) is 5.26. The van der Waals surface area contributed by atoms with E-state index in [4.69, 9.17) is 9.15 Å². The average Bonchev–Trinajstić information content (AvgIpc) is 2.98. The number of ether oxygens (including phenoxy) is 1. The predicted molar refractivity (Wildman–Crippen MR) is 65.1 cm³/mol. The van der Waals surface area contributed by atoms with Crippen LogP contribution in [0, 0.1) is 0 Å². The number of halogens is 1. The van der Waals surface area contributed by atoms with Gasteiger partial charge in [-0.15, -0.1) is 0 Å². The molecule has 0 saturated heterocycles. The van der Waals surface area contributed by atoms with Gasteiger partial charge >= 0.3 is 0 Å². The van der Waals surface area contributed by atoms with E-state index in [1.165, 1.54) is 11.1 Å². The van der Waals surface area contributed by atoms with Crippen LogP contribution in [0.1, 0.15) is 21.5 Å². The Balaban J connectivity index is 1.95. The number of hydrogen-bond acceptors (Lipinski definition) is 2. The Labute approximate surface area is 102 Å². The van der Waals surface area contributed by atoms with Crippen LogP contribution in [0.2, 0.25) is 0 Å². The summed E-state index contributed by atoms with van der Waals surface area (Å²) < 4.78 is 10.6.